The van der Waals surface area contributed by atoms with E-state index in [-0.39, 0.29) is 23.7 Å². The number of ether oxygens (including phenoxy) is 1. The Kier molecular flexibility index (Phi) is 5.96. The molecule has 2 bridgehead atoms. The SMILES string of the molecule is CCOc1ccc2nc(N(Cc3ccccc3)C(=O)C3CC4CCCC(C3)C4=O)sc2c1. The van der Waals surface area contributed by atoms with Gasteiger partial charge in [0, 0.05) is 17.8 Å². The Labute approximate surface area is 192 Å². The van der Waals surface area contributed by atoms with Gasteiger partial charge in [-0.3, -0.25) is 14.5 Å². The number of amides is 1. The van der Waals surface area contributed by atoms with Crippen molar-refractivity contribution in [2.75, 3.05) is 11.5 Å². The van der Waals surface area contributed by atoms with Crippen LogP contribution in [0.15, 0.2) is 48.5 Å². The Morgan fingerprint density at radius 3 is 2.59 bits per heavy atom. The fourth-order valence-electron chi connectivity index (χ4n) is 5.17. The van der Waals surface area contributed by atoms with Gasteiger partial charge in [-0.1, -0.05) is 48.1 Å². The van der Waals surface area contributed by atoms with Crippen LogP contribution in [0.3, 0.4) is 0 Å². The minimum Gasteiger partial charge on any atom is -0.494 e. The normalized spacial score (nSPS) is 22.7. The van der Waals surface area contributed by atoms with E-state index in [1.807, 2.05) is 60.4 Å². The molecule has 0 radical (unpaired) electrons. The molecule has 32 heavy (non-hydrogen) atoms. The standard InChI is InChI=1S/C26H28N2O3S/c1-2-31-21-11-12-22-23(15-21)32-26(27-22)28(16-17-7-4-3-5-8-17)25(30)20-13-18-9-6-10-19(14-20)24(18)29/h3-5,7-8,11-12,15,18-20H,2,6,9-10,13-14,16H2,1H3. The number of nitrogens with zero attached hydrogens (tertiary/aromatic N) is 2. The first-order chi connectivity index (χ1) is 15.6. The third-order valence-corrected chi connectivity index (χ3v) is 7.78. The van der Waals surface area contributed by atoms with Crippen molar-refractivity contribution in [3.8, 4) is 5.75 Å². The lowest BCUT2D eigenvalue weighted by Crippen LogP contribution is -2.44. The second kappa shape index (κ2) is 9.02. The smallest absolute Gasteiger partial charge is 0.232 e. The van der Waals surface area contributed by atoms with Crippen molar-refractivity contribution in [3.63, 3.8) is 0 Å². The van der Waals surface area contributed by atoms with Crippen molar-refractivity contribution in [2.24, 2.45) is 17.8 Å². The van der Waals surface area contributed by atoms with E-state index in [1.165, 1.54) is 11.3 Å². The molecule has 5 rings (SSSR count). The molecule has 5 nitrogen and oxygen atoms in total. The van der Waals surface area contributed by atoms with Crippen LogP contribution in [0, 0.1) is 17.8 Å². The second-order valence-corrected chi connectivity index (χ2v) is 9.87. The van der Waals surface area contributed by atoms with E-state index in [9.17, 15) is 9.59 Å². The van der Waals surface area contributed by atoms with Crippen molar-refractivity contribution < 1.29 is 14.3 Å². The molecule has 2 atom stereocenters. The molecule has 1 aromatic heterocycles. The maximum Gasteiger partial charge on any atom is 0.232 e. The number of ketones is 1. The van der Waals surface area contributed by atoms with Gasteiger partial charge in [-0.05, 0) is 56.4 Å². The Morgan fingerprint density at radius 2 is 1.88 bits per heavy atom. The monoisotopic (exact) mass is 448 g/mol. The van der Waals surface area contributed by atoms with E-state index in [0.717, 1.165) is 40.8 Å². The maximum absolute atomic E-state index is 13.8. The van der Waals surface area contributed by atoms with Gasteiger partial charge in [0.2, 0.25) is 5.91 Å². The predicted octanol–water partition coefficient (Wildman–Crippen LogP) is 5.62. The van der Waals surface area contributed by atoms with Gasteiger partial charge in [-0.15, -0.1) is 0 Å². The molecule has 0 N–H and O–H groups in total. The molecule has 3 aromatic rings. The zero-order valence-corrected chi connectivity index (χ0v) is 19.1. The first-order valence-corrected chi connectivity index (χ1v) is 12.4. The van der Waals surface area contributed by atoms with Gasteiger partial charge in [-0.2, -0.15) is 0 Å². The predicted molar refractivity (Wildman–Crippen MR) is 127 cm³/mol. The average molecular weight is 449 g/mol. The summed E-state index contributed by atoms with van der Waals surface area (Å²) in [5, 5.41) is 0.713. The third-order valence-electron chi connectivity index (χ3n) is 6.74. The summed E-state index contributed by atoms with van der Waals surface area (Å²) in [6.07, 6.45) is 4.33. The van der Waals surface area contributed by atoms with Crippen LogP contribution in [0.4, 0.5) is 5.13 Å². The number of fused-ring (bicyclic) bond motifs is 3. The number of hydrogen-bond donors (Lipinski definition) is 0. The van der Waals surface area contributed by atoms with E-state index in [2.05, 4.69) is 0 Å². The van der Waals surface area contributed by atoms with Gasteiger partial charge in [0.15, 0.2) is 5.13 Å². The van der Waals surface area contributed by atoms with Crippen LogP contribution in [0.5, 0.6) is 5.75 Å². The lowest BCUT2D eigenvalue weighted by atomic mass is 9.67. The van der Waals surface area contributed by atoms with Crippen LogP contribution in [0.1, 0.15) is 44.6 Å². The summed E-state index contributed by atoms with van der Waals surface area (Å²) < 4.78 is 6.65. The summed E-state index contributed by atoms with van der Waals surface area (Å²) in [5.41, 5.74) is 1.94. The Bertz CT molecular complexity index is 1110. The number of anilines is 1. The molecular formula is C26H28N2O3S. The molecule has 2 aromatic carbocycles. The van der Waals surface area contributed by atoms with Crippen LogP contribution in [0.25, 0.3) is 10.2 Å². The summed E-state index contributed by atoms with van der Waals surface area (Å²) in [5.74, 6) is 1.30. The number of aromatic nitrogens is 1. The molecular weight excluding hydrogens is 420 g/mol. The van der Waals surface area contributed by atoms with Gasteiger partial charge in [0.1, 0.15) is 11.5 Å². The number of Topliss-reactive ketones (excluding diaryl/α,β-unsaturated/α-hetero) is 1. The highest BCUT2D eigenvalue weighted by Crippen LogP contribution is 2.42. The molecule has 2 fully saturated rings. The highest BCUT2D eigenvalue weighted by molar-refractivity contribution is 7.22. The molecule has 1 heterocycles. The van der Waals surface area contributed by atoms with Crippen molar-refractivity contribution >= 4 is 38.4 Å². The second-order valence-electron chi connectivity index (χ2n) is 8.86. The van der Waals surface area contributed by atoms with Crippen molar-refractivity contribution in [2.45, 2.75) is 45.6 Å². The molecule has 0 spiro atoms. The first-order valence-electron chi connectivity index (χ1n) is 11.5. The molecule has 2 saturated carbocycles. The Hall–Kier alpha value is -2.73. The summed E-state index contributed by atoms with van der Waals surface area (Å²) >= 11 is 1.53. The van der Waals surface area contributed by atoms with Crippen molar-refractivity contribution in [3.05, 3.63) is 54.1 Å². The Morgan fingerprint density at radius 1 is 1.12 bits per heavy atom. The Balaban J connectivity index is 1.47. The molecule has 0 aliphatic heterocycles. The number of rotatable bonds is 6. The summed E-state index contributed by atoms with van der Waals surface area (Å²) in [6.45, 7) is 3.06. The maximum atomic E-state index is 13.8. The largest absolute Gasteiger partial charge is 0.494 e. The molecule has 1 amide bonds. The minimum absolute atomic E-state index is 0.0548. The number of benzene rings is 2. The van der Waals surface area contributed by atoms with Gasteiger partial charge in [-0.25, -0.2) is 4.98 Å². The highest BCUT2D eigenvalue weighted by atomic mass is 32.1. The first kappa shape index (κ1) is 21.1. The van der Waals surface area contributed by atoms with E-state index < -0.39 is 0 Å². The third kappa shape index (κ3) is 4.16. The van der Waals surface area contributed by atoms with E-state index in [4.69, 9.17) is 9.72 Å². The van der Waals surface area contributed by atoms with E-state index in [1.54, 1.807) is 0 Å². The summed E-state index contributed by atoms with van der Waals surface area (Å²) in [4.78, 5) is 33.1. The summed E-state index contributed by atoms with van der Waals surface area (Å²) in [7, 11) is 0. The van der Waals surface area contributed by atoms with Gasteiger partial charge in [0.05, 0.1) is 23.4 Å². The highest BCUT2D eigenvalue weighted by Gasteiger charge is 2.42. The van der Waals surface area contributed by atoms with Crippen LogP contribution < -0.4 is 9.64 Å². The van der Waals surface area contributed by atoms with Gasteiger partial charge >= 0.3 is 0 Å². The van der Waals surface area contributed by atoms with E-state index in [0.29, 0.717) is 36.9 Å². The fourth-order valence-corrected chi connectivity index (χ4v) is 6.17. The van der Waals surface area contributed by atoms with Gasteiger partial charge in [0.25, 0.3) is 0 Å². The molecule has 6 heteroatoms. The van der Waals surface area contributed by atoms with Crippen molar-refractivity contribution in [1.82, 2.24) is 4.98 Å². The molecule has 166 valence electrons. The quantitative estimate of drug-likeness (QED) is 0.491. The zero-order chi connectivity index (χ0) is 22.1. The van der Waals surface area contributed by atoms with Crippen LogP contribution in [0.2, 0.25) is 0 Å². The molecule has 2 aliphatic rings. The van der Waals surface area contributed by atoms with E-state index >= 15 is 0 Å². The topological polar surface area (TPSA) is 59.5 Å². The molecule has 0 saturated heterocycles. The van der Waals surface area contributed by atoms with Crippen LogP contribution >= 0.6 is 11.3 Å². The number of thiazole rings is 1. The van der Waals surface area contributed by atoms with Crippen LogP contribution in [-0.4, -0.2) is 23.3 Å². The minimum atomic E-state index is -0.113. The number of carbonyl (C=O) groups excluding carboxylic acids is 2. The summed E-state index contributed by atoms with van der Waals surface area (Å²) in [6, 6.07) is 15.9. The molecule has 2 aliphatic carbocycles. The van der Waals surface area contributed by atoms with Crippen molar-refractivity contribution in [1.29, 1.82) is 0 Å². The fraction of sp³-hybridized carbons (Fsp3) is 0.423. The average Bonchev–Trinajstić information content (AvgIpc) is 3.21. The van der Waals surface area contributed by atoms with Gasteiger partial charge < -0.3 is 4.74 Å². The zero-order valence-electron chi connectivity index (χ0n) is 18.3. The lowest BCUT2D eigenvalue weighted by molar-refractivity contribution is -0.136. The molecule has 2 unspecified atom stereocenters. The number of hydrogen-bond acceptors (Lipinski definition) is 5. The lowest BCUT2D eigenvalue weighted by Gasteiger charge is -2.38. The van der Waals surface area contributed by atoms with Crippen LogP contribution in [-0.2, 0) is 16.1 Å². The number of carbonyl (C=O) groups is 2.